The Balaban J connectivity index is 0.000000980. The van der Waals surface area contributed by atoms with Gasteiger partial charge in [0.15, 0.2) is 0 Å². The summed E-state index contributed by atoms with van der Waals surface area (Å²) in [4.78, 5) is 0. The van der Waals surface area contributed by atoms with Gasteiger partial charge in [-0.25, -0.2) is 0 Å². The fraction of sp³-hybridized carbons (Fsp3) is 0.333. The predicted molar refractivity (Wildman–Crippen MR) is 63.4 cm³/mol. The van der Waals surface area contributed by atoms with E-state index in [2.05, 4.69) is 15.9 Å². The zero-order chi connectivity index (χ0) is 9.42. The summed E-state index contributed by atoms with van der Waals surface area (Å²) in [5, 5.41) is 0.660. The van der Waals surface area contributed by atoms with Gasteiger partial charge in [-0.15, -0.1) is 12.4 Å². The van der Waals surface area contributed by atoms with E-state index >= 15 is 0 Å². The van der Waals surface area contributed by atoms with Gasteiger partial charge in [0, 0.05) is 18.0 Å². The highest BCUT2D eigenvalue weighted by molar-refractivity contribution is 9.10. The average Bonchev–Trinajstić information content (AvgIpc) is 2.12. The highest BCUT2D eigenvalue weighted by atomic mass is 79.9. The Hall–Kier alpha value is 0.0400. The summed E-state index contributed by atoms with van der Waals surface area (Å²) < 4.78 is 6.30. The topological polar surface area (TPSA) is 35.2 Å². The van der Waals surface area contributed by atoms with Gasteiger partial charge in [-0.2, -0.15) is 0 Å². The molecule has 2 rings (SSSR count). The smallest absolute Gasteiger partial charge is 0.139 e. The van der Waals surface area contributed by atoms with Crippen molar-refractivity contribution in [3.8, 4) is 5.75 Å². The number of hydrogen-bond acceptors (Lipinski definition) is 2. The van der Waals surface area contributed by atoms with Gasteiger partial charge >= 0.3 is 0 Å². The molecule has 0 unspecified atom stereocenters. The first kappa shape index (κ1) is 12.1. The van der Waals surface area contributed by atoms with Crippen LogP contribution < -0.4 is 10.5 Å². The van der Waals surface area contributed by atoms with Crippen LogP contribution in [0.4, 0.5) is 0 Å². The summed E-state index contributed by atoms with van der Waals surface area (Å²) in [6.45, 7) is 0.660. The number of fused-ring (bicyclic) bond motifs is 1. The quantitative estimate of drug-likeness (QED) is 0.797. The second kappa shape index (κ2) is 4.71. The Bertz CT molecular complexity index is 346. The molecular weight excluding hydrogens is 289 g/mol. The standard InChI is InChI=1S/C9H9BrClNO.ClH/c10-8-6(11)2-1-5-7(12)3-4-13-9(5)8;/h1-2,7H,3-4,12H2;1H/t7-;/m1./s1. The SMILES string of the molecule is Cl.N[C@@H]1CCOc2c1ccc(Cl)c2Br. The Morgan fingerprint density at radius 3 is 2.93 bits per heavy atom. The molecule has 5 heteroatoms. The molecule has 1 aromatic carbocycles. The lowest BCUT2D eigenvalue weighted by molar-refractivity contribution is 0.267. The van der Waals surface area contributed by atoms with E-state index in [-0.39, 0.29) is 18.4 Å². The minimum Gasteiger partial charge on any atom is -0.492 e. The Morgan fingerprint density at radius 2 is 2.21 bits per heavy atom. The van der Waals surface area contributed by atoms with Crippen LogP contribution in [0.2, 0.25) is 5.02 Å². The molecule has 0 aromatic heterocycles. The molecule has 1 atom stereocenters. The molecule has 1 aliphatic rings. The molecule has 0 saturated carbocycles. The maximum absolute atomic E-state index is 5.93. The lowest BCUT2D eigenvalue weighted by atomic mass is 10.0. The van der Waals surface area contributed by atoms with Gasteiger partial charge in [0.05, 0.1) is 16.1 Å². The first-order valence-electron chi connectivity index (χ1n) is 4.06. The maximum Gasteiger partial charge on any atom is 0.139 e. The molecular formula is C9H10BrCl2NO. The lowest BCUT2D eigenvalue weighted by Gasteiger charge is -2.24. The summed E-state index contributed by atoms with van der Waals surface area (Å²) in [7, 11) is 0. The summed E-state index contributed by atoms with van der Waals surface area (Å²) in [6.07, 6.45) is 0.862. The fourth-order valence-electron chi connectivity index (χ4n) is 1.43. The second-order valence-electron chi connectivity index (χ2n) is 3.02. The molecule has 0 aliphatic carbocycles. The fourth-order valence-corrected chi connectivity index (χ4v) is 2.05. The molecule has 2 N–H and O–H groups in total. The molecule has 78 valence electrons. The third-order valence-electron chi connectivity index (χ3n) is 2.16. The summed E-state index contributed by atoms with van der Waals surface area (Å²) in [5.74, 6) is 0.797. The summed E-state index contributed by atoms with van der Waals surface area (Å²) in [5.41, 5.74) is 6.95. The average molecular weight is 299 g/mol. The Kier molecular flexibility index (Phi) is 4.07. The Labute approximate surface area is 102 Å². The van der Waals surface area contributed by atoms with Gasteiger partial charge in [-0.1, -0.05) is 17.7 Å². The molecule has 1 heterocycles. The molecule has 0 fully saturated rings. The second-order valence-corrected chi connectivity index (χ2v) is 4.22. The van der Waals surface area contributed by atoms with Crippen molar-refractivity contribution >= 4 is 39.9 Å². The molecule has 2 nitrogen and oxygen atoms in total. The zero-order valence-electron chi connectivity index (χ0n) is 7.30. The number of benzene rings is 1. The van der Waals surface area contributed by atoms with Gasteiger partial charge in [0.25, 0.3) is 0 Å². The predicted octanol–water partition coefficient (Wildman–Crippen LogP) is 3.31. The minimum absolute atomic E-state index is 0. The van der Waals surface area contributed by atoms with Crippen molar-refractivity contribution < 1.29 is 4.74 Å². The minimum atomic E-state index is 0. The molecule has 0 amide bonds. The number of nitrogens with two attached hydrogens (primary N) is 1. The zero-order valence-corrected chi connectivity index (χ0v) is 10.5. The van der Waals surface area contributed by atoms with E-state index < -0.39 is 0 Å². The van der Waals surface area contributed by atoms with Crippen molar-refractivity contribution in [2.45, 2.75) is 12.5 Å². The summed E-state index contributed by atoms with van der Waals surface area (Å²) in [6, 6.07) is 3.82. The van der Waals surface area contributed by atoms with Gasteiger partial charge in [0.1, 0.15) is 5.75 Å². The molecule has 0 radical (unpaired) electrons. The van der Waals surface area contributed by atoms with E-state index in [1.54, 1.807) is 0 Å². The van der Waals surface area contributed by atoms with Crippen LogP contribution in [-0.2, 0) is 0 Å². The Morgan fingerprint density at radius 1 is 1.50 bits per heavy atom. The molecule has 0 saturated heterocycles. The van der Waals surface area contributed by atoms with Gasteiger partial charge in [-0.3, -0.25) is 0 Å². The van der Waals surface area contributed by atoms with Gasteiger partial charge in [0.2, 0.25) is 0 Å². The van der Waals surface area contributed by atoms with Crippen molar-refractivity contribution in [2.24, 2.45) is 5.73 Å². The number of rotatable bonds is 0. The third-order valence-corrected chi connectivity index (χ3v) is 3.49. The highest BCUT2D eigenvalue weighted by Gasteiger charge is 2.21. The lowest BCUT2D eigenvalue weighted by Crippen LogP contribution is -2.20. The molecule has 0 bridgehead atoms. The maximum atomic E-state index is 5.93. The van der Waals surface area contributed by atoms with Crippen molar-refractivity contribution in [3.05, 3.63) is 27.2 Å². The molecule has 1 aromatic rings. The molecule has 0 spiro atoms. The number of ether oxygens (including phenoxy) is 1. The van der Waals surface area contributed by atoms with Crippen LogP contribution >= 0.6 is 39.9 Å². The third kappa shape index (κ3) is 2.01. The van der Waals surface area contributed by atoms with Crippen molar-refractivity contribution in [1.82, 2.24) is 0 Å². The van der Waals surface area contributed by atoms with Gasteiger partial charge < -0.3 is 10.5 Å². The van der Waals surface area contributed by atoms with Crippen LogP contribution in [0.15, 0.2) is 16.6 Å². The first-order valence-corrected chi connectivity index (χ1v) is 5.23. The van der Waals surface area contributed by atoms with Crippen LogP contribution in [0.5, 0.6) is 5.75 Å². The van der Waals surface area contributed by atoms with Crippen LogP contribution in [0.25, 0.3) is 0 Å². The van der Waals surface area contributed by atoms with Crippen molar-refractivity contribution in [1.29, 1.82) is 0 Å². The molecule has 14 heavy (non-hydrogen) atoms. The van der Waals surface area contributed by atoms with Crippen molar-refractivity contribution in [2.75, 3.05) is 6.61 Å². The first-order chi connectivity index (χ1) is 6.20. The van der Waals surface area contributed by atoms with Crippen LogP contribution in [0.1, 0.15) is 18.0 Å². The van der Waals surface area contributed by atoms with E-state index in [4.69, 9.17) is 22.1 Å². The monoisotopic (exact) mass is 297 g/mol. The number of halogens is 3. The number of hydrogen-bond donors (Lipinski definition) is 1. The van der Waals surface area contributed by atoms with Gasteiger partial charge in [-0.05, 0) is 22.0 Å². The normalized spacial score (nSPS) is 19.2. The molecule has 1 aliphatic heterocycles. The largest absolute Gasteiger partial charge is 0.492 e. The summed E-state index contributed by atoms with van der Waals surface area (Å²) >= 11 is 9.31. The van der Waals surface area contributed by atoms with Crippen LogP contribution in [0.3, 0.4) is 0 Å². The highest BCUT2D eigenvalue weighted by Crippen LogP contribution is 2.40. The van der Waals surface area contributed by atoms with E-state index in [9.17, 15) is 0 Å². The van der Waals surface area contributed by atoms with Crippen LogP contribution in [0, 0.1) is 0 Å². The van der Waals surface area contributed by atoms with Crippen LogP contribution in [-0.4, -0.2) is 6.61 Å². The van der Waals surface area contributed by atoms with E-state index in [1.807, 2.05) is 12.1 Å². The van der Waals surface area contributed by atoms with E-state index in [0.29, 0.717) is 11.6 Å². The van der Waals surface area contributed by atoms with E-state index in [1.165, 1.54) is 0 Å². The van der Waals surface area contributed by atoms with E-state index in [0.717, 1.165) is 22.2 Å². The van der Waals surface area contributed by atoms with Crippen molar-refractivity contribution in [3.63, 3.8) is 0 Å².